The summed E-state index contributed by atoms with van der Waals surface area (Å²) in [5.41, 5.74) is 1.65. The van der Waals surface area contributed by atoms with Crippen LogP contribution in [-0.2, 0) is 9.47 Å². The van der Waals surface area contributed by atoms with Gasteiger partial charge in [0, 0.05) is 0 Å². The maximum Gasteiger partial charge on any atom is 0.377 e. The molecule has 0 spiro atoms. The number of methoxy groups -OCH3 is 2. The minimum atomic E-state index is -0.721. The molecule has 0 fully saturated rings. The molecule has 0 amide bonds. The molecule has 104 valence electrons. The summed E-state index contributed by atoms with van der Waals surface area (Å²) in [6, 6.07) is 7.24. The summed E-state index contributed by atoms with van der Waals surface area (Å²) < 4.78 is 10.4. The molecule has 0 aliphatic carbocycles. The van der Waals surface area contributed by atoms with Gasteiger partial charge < -0.3 is 9.47 Å². The number of aromatic nitrogens is 3. The van der Waals surface area contributed by atoms with Crippen LogP contribution in [0.25, 0.3) is 5.69 Å². The number of aryl methyl sites for hydroxylation is 1. The first-order chi connectivity index (χ1) is 9.56. The molecule has 0 aliphatic heterocycles. The van der Waals surface area contributed by atoms with Crippen molar-refractivity contribution in [2.24, 2.45) is 0 Å². The number of nitrogens with zero attached hydrogens (tertiary/aromatic N) is 3. The summed E-state index contributed by atoms with van der Waals surface area (Å²) >= 11 is 0. The van der Waals surface area contributed by atoms with Gasteiger partial charge >= 0.3 is 11.9 Å². The molecule has 0 N–H and O–H groups in total. The average Bonchev–Trinajstić information content (AvgIpc) is 2.91. The number of ether oxygens (including phenoxy) is 2. The lowest BCUT2D eigenvalue weighted by Crippen LogP contribution is -2.11. The fourth-order valence-corrected chi connectivity index (χ4v) is 1.58. The summed E-state index contributed by atoms with van der Waals surface area (Å²) in [5, 5.41) is 3.98. The van der Waals surface area contributed by atoms with Gasteiger partial charge in [0.1, 0.15) is 0 Å². The van der Waals surface area contributed by atoms with Crippen molar-refractivity contribution in [3.05, 3.63) is 41.5 Å². The Morgan fingerprint density at radius 2 is 1.65 bits per heavy atom. The van der Waals surface area contributed by atoms with Gasteiger partial charge in [-0.1, -0.05) is 17.7 Å². The first-order valence-electron chi connectivity index (χ1n) is 5.77. The van der Waals surface area contributed by atoms with E-state index >= 15 is 0 Å². The Hall–Kier alpha value is -2.70. The maximum absolute atomic E-state index is 11.7. The van der Waals surface area contributed by atoms with Crippen LogP contribution in [-0.4, -0.2) is 40.9 Å². The van der Waals surface area contributed by atoms with Gasteiger partial charge in [-0.05, 0) is 19.1 Å². The van der Waals surface area contributed by atoms with E-state index in [1.165, 1.54) is 18.9 Å². The van der Waals surface area contributed by atoms with Crippen molar-refractivity contribution >= 4 is 11.9 Å². The minimum absolute atomic E-state index is 0.0863. The lowest BCUT2D eigenvalue weighted by Gasteiger charge is -2.04. The molecule has 0 unspecified atom stereocenters. The van der Waals surface area contributed by atoms with Crippen molar-refractivity contribution in [2.45, 2.75) is 6.92 Å². The summed E-state index contributed by atoms with van der Waals surface area (Å²) in [6.45, 7) is 1.94. The fraction of sp³-hybridized carbons (Fsp3) is 0.231. The Labute approximate surface area is 115 Å². The number of esters is 2. The van der Waals surface area contributed by atoms with E-state index < -0.39 is 11.9 Å². The second kappa shape index (κ2) is 5.52. The van der Waals surface area contributed by atoms with Gasteiger partial charge in [0.15, 0.2) is 0 Å². The normalized spacial score (nSPS) is 10.2. The van der Waals surface area contributed by atoms with Gasteiger partial charge in [-0.25, -0.2) is 14.3 Å². The minimum Gasteiger partial charge on any atom is -0.463 e. The zero-order valence-corrected chi connectivity index (χ0v) is 11.3. The molecule has 2 rings (SSSR count). The fourth-order valence-electron chi connectivity index (χ4n) is 1.58. The quantitative estimate of drug-likeness (QED) is 0.781. The Morgan fingerprint density at radius 3 is 2.20 bits per heavy atom. The predicted molar refractivity (Wildman–Crippen MR) is 68.8 cm³/mol. The molecule has 0 aliphatic rings. The van der Waals surface area contributed by atoms with Crippen LogP contribution in [0.1, 0.15) is 26.8 Å². The van der Waals surface area contributed by atoms with E-state index in [0.717, 1.165) is 5.56 Å². The monoisotopic (exact) mass is 275 g/mol. The summed E-state index contributed by atoms with van der Waals surface area (Å²) in [6.07, 6.45) is 0. The Kier molecular flexibility index (Phi) is 3.79. The summed E-state index contributed by atoms with van der Waals surface area (Å²) in [4.78, 5) is 27.0. The van der Waals surface area contributed by atoms with E-state index in [4.69, 9.17) is 0 Å². The van der Waals surface area contributed by atoms with Gasteiger partial charge in [0.05, 0.1) is 19.9 Å². The third-order valence-corrected chi connectivity index (χ3v) is 2.62. The van der Waals surface area contributed by atoms with Crippen molar-refractivity contribution in [1.29, 1.82) is 0 Å². The molecular weight excluding hydrogens is 262 g/mol. The van der Waals surface area contributed by atoms with Crippen LogP contribution in [0.2, 0.25) is 0 Å². The Bertz CT molecular complexity index is 646. The molecule has 0 saturated heterocycles. The molecule has 7 heteroatoms. The highest BCUT2D eigenvalue weighted by atomic mass is 16.5. The molecule has 20 heavy (non-hydrogen) atoms. The highest BCUT2D eigenvalue weighted by Crippen LogP contribution is 2.12. The lowest BCUT2D eigenvalue weighted by molar-refractivity contribution is 0.0583. The summed E-state index contributed by atoms with van der Waals surface area (Å²) in [5.74, 6) is -1.69. The highest BCUT2D eigenvalue weighted by molar-refractivity contribution is 5.90. The van der Waals surface area contributed by atoms with Gasteiger partial charge in [-0.2, -0.15) is 4.98 Å². The summed E-state index contributed by atoms with van der Waals surface area (Å²) in [7, 11) is 2.45. The van der Waals surface area contributed by atoms with Crippen LogP contribution in [0, 0.1) is 6.92 Å². The van der Waals surface area contributed by atoms with Gasteiger partial charge in [-0.15, -0.1) is 5.10 Å². The molecular formula is C13H13N3O4. The van der Waals surface area contributed by atoms with Crippen LogP contribution >= 0.6 is 0 Å². The van der Waals surface area contributed by atoms with Crippen molar-refractivity contribution < 1.29 is 19.1 Å². The zero-order chi connectivity index (χ0) is 14.7. The van der Waals surface area contributed by atoms with Crippen LogP contribution < -0.4 is 0 Å². The van der Waals surface area contributed by atoms with Gasteiger partial charge in [0.2, 0.25) is 5.82 Å². The third kappa shape index (κ3) is 2.51. The van der Waals surface area contributed by atoms with Crippen molar-refractivity contribution in [3.63, 3.8) is 0 Å². The number of carbonyl (C=O) groups excluding carboxylic acids is 2. The number of carbonyl (C=O) groups is 2. The molecule has 0 bridgehead atoms. The molecule has 0 atom stereocenters. The van der Waals surface area contributed by atoms with Crippen LogP contribution in [0.5, 0.6) is 0 Å². The second-order valence-corrected chi connectivity index (χ2v) is 3.99. The first kappa shape index (κ1) is 13.7. The molecule has 0 saturated carbocycles. The molecule has 1 aromatic heterocycles. The Balaban J connectivity index is 2.54. The van der Waals surface area contributed by atoms with Crippen molar-refractivity contribution in [3.8, 4) is 5.69 Å². The van der Waals surface area contributed by atoms with E-state index in [1.807, 2.05) is 19.1 Å². The van der Waals surface area contributed by atoms with Gasteiger partial charge in [0.25, 0.3) is 5.82 Å². The largest absolute Gasteiger partial charge is 0.463 e. The number of benzene rings is 1. The number of hydrogen-bond acceptors (Lipinski definition) is 6. The molecule has 7 nitrogen and oxygen atoms in total. The van der Waals surface area contributed by atoms with E-state index in [9.17, 15) is 9.59 Å². The van der Waals surface area contributed by atoms with Crippen molar-refractivity contribution in [2.75, 3.05) is 14.2 Å². The predicted octanol–water partition coefficient (Wildman–Crippen LogP) is 1.15. The van der Waals surface area contributed by atoms with Crippen LogP contribution in [0.4, 0.5) is 0 Å². The lowest BCUT2D eigenvalue weighted by atomic mass is 10.2. The standard InChI is InChI=1S/C13H13N3O4/c1-8-4-6-9(7-5-8)16-11(13(18)20-3)14-10(15-16)12(17)19-2/h4-7H,1-3H3. The molecule has 1 aromatic carbocycles. The average molecular weight is 275 g/mol. The van der Waals surface area contributed by atoms with Crippen molar-refractivity contribution in [1.82, 2.24) is 14.8 Å². The van der Waals surface area contributed by atoms with Gasteiger partial charge in [-0.3, -0.25) is 0 Å². The highest BCUT2D eigenvalue weighted by Gasteiger charge is 2.23. The number of hydrogen-bond donors (Lipinski definition) is 0. The zero-order valence-electron chi connectivity index (χ0n) is 11.3. The number of rotatable bonds is 3. The smallest absolute Gasteiger partial charge is 0.377 e. The topological polar surface area (TPSA) is 83.3 Å². The van der Waals surface area contributed by atoms with E-state index in [1.54, 1.807) is 12.1 Å². The maximum atomic E-state index is 11.7. The van der Waals surface area contributed by atoms with E-state index in [0.29, 0.717) is 5.69 Å². The molecule has 2 aromatic rings. The SMILES string of the molecule is COC(=O)c1nc(C(=O)OC)n(-c2ccc(C)cc2)n1. The van der Waals surface area contributed by atoms with E-state index in [2.05, 4.69) is 19.6 Å². The van der Waals surface area contributed by atoms with Crippen LogP contribution in [0.3, 0.4) is 0 Å². The Morgan fingerprint density at radius 1 is 1.05 bits per heavy atom. The van der Waals surface area contributed by atoms with Crippen LogP contribution in [0.15, 0.2) is 24.3 Å². The second-order valence-electron chi connectivity index (χ2n) is 3.99. The first-order valence-corrected chi connectivity index (χ1v) is 5.77. The molecule has 1 heterocycles. The molecule has 0 radical (unpaired) electrons. The third-order valence-electron chi connectivity index (χ3n) is 2.62. The van der Waals surface area contributed by atoms with E-state index in [-0.39, 0.29) is 11.6 Å².